The molecule has 0 N–H and O–H groups in total. The van der Waals surface area contributed by atoms with Crippen LogP contribution in [0.15, 0.2) is 18.3 Å². The summed E-state index contributed by atoms with van der Waals surface area (Å²) >= 11 is 0. The first kappa shape index (κ1) is 7.28. The van der Waals surface area contributed by atoms with Gasteiger partial charge in [-0.2, -0.15) is 0 Å². The van der Waals surface area contributed by atoms with Gasteiger partial charge in [0.1, 0.15) is 6.10 Å². The van der Waals surface area contributed by atoms with Gasteiger partial charge in [0.05, 0.1) is 5.56 Å². The largest absolute Gasteiger partial charge is 0.474 e. The van der Waals surface area contributed by atoms with E-state index < -0.39 is 0 Å². The van der Waals surface area contributed by atoms with Crippen LogP contribution in [0.3, 0.4) is 0 Å². The molecule has 1 aliphatic carbocycles. The lowest BCUT2D eigenvalue weighted by Crippen LogP contribution is -2.00. The molecule has 1 aromatic heterocycles. The van der Waals surface area contributed by atoms with Crippen molar-refractivity contribution in [1.29, 1.82) is 0 Å². The third-order valence-electron chi connectivity index (χ3n) is 1.73. The van der Waals surface area contributed by atoms with E-state index in [1.165, 1.54) is 0 Å². The van der Waals surface area contributed by atoms with Crippen LogP contribution < -0.4 is 4.74 Å². The molecule has 0 spiro atoms. The molecule has 0 aliphatic heterocycles. The number of aldehydes is 1. The summed E-state index contributed by atoms with van der Waals surface area (Å²) in [4.78, 5) is 14.5. The summed E-state index contributed by atoms with van der Waals surface area (Å²) in [6.07, 6.45) is 4.85. The molecule has 0 aromatic carbocycles. The monoisotopic (exact) mass is 163 g/mol. The Hall–Kier alpha value is -1.38. The maximum absolute atomic E-state index is 10.5. The smallest absolute Gasteiger partial charge is 0.224 e. The van der Waals surface area contributed by atoms with E-state index in [1.807, 2.05) is 0 Å². The summed E-state index contributed by atoms with van der Waals surface area (Å²) in [7, 11) is 0. The number of aromatic nitrogens is 1. The van der Waals surface area contributed by atoms with E-state index in [4.69, 9.17) is 4.74 Å². The Morgan fingerprint density at radius 3 is 3.08 bits per heavy atom. The normalized spacial score (nSPS) is 15.7. The number of hydrogen-bond acceptors (Lipinski definition) is 3. The molecule has 3 nitrogen and oxygen atoms in total. The number of carbonyl (C=O) groups is 1. The third-order valence-corrected chi connectivity index (χ3v) is 1.73. The summed E-state index contributed by atoms with van der Waals surface area (Å²) in [6, 6.07) is 3.43. The molecular formula is C9H9NO2. The fourth-order valence-electron chi connectivity index (χ4n) is 0.935. The molecule has 1 heterocycles. The van der Waals surface area contributed by atoms with Crippen molar-refractivity contribution in [3.05, 3.63) is 23.9 Å². The maximum Gasteiger partial charge on any atom is 0.224 e. The molecule has 0 bridgehead atoms. The van der Waals surface area contributed by atoms with Crippen LogP contribution in [-0.2, 0) is 0 Å². The molecule has 1 saturated carbocycles. The second-order valence-electron chi connectivity index (χ2n) is 2.83. The number of nitrogens with zero attached hydrogens (tertiary/aromatic N) is 1. The number of pyridine rings is 1. The van der Waals surface area contributed by atoms with Gasteiger partial charge in [-0.25, -0.2) is 4.98 Å². The van der Waals surface area contributed by atoms with Crippen molar-refractivity contribution in [1.82, 2.24) is 4.98 Å². The van der Waals surface area contributed by atoms with Crippen LogP contribution in [-0.4, -0.2) is 17.4 Å². The zero-order valence-electron chi connectivity index (χ0n) is 6.56. The minimum atomic E-state index is 0.290. The van der Waals surface area contributed by atoms with E-state index in [2.05, 4.69) is 4.98 Å². The van der Waals surface area contributed by atoms with Crippen LogP contribution in [0.4, 0.5) is 0 Å². The molecule has 0 saturated heterocycles. The first-order valence-electron chi connectivity index (χ1n) is 3.97. The SMILES string of the molecule is O=Cc1cccnc1OC1CC1. The summed E-state index contributed by atoms with van der Waals surface area (Å²) in [5.41, 5.74) is 0.532. The predicted molar refractivity (Wildman–Crippen MR) is 43.3 cm³/mol. The highest BCUT2D eigenvalue weighted by atomic mass is 16.5. The first-order chi connectivity index (χ1) is 5.90. The van der Waals surface area contributed by atoms with Gasteiger partial charge < -0.3 is 4.74 Å². The number of rotatable bonds is 3. The van der Waals surface area contributed by atoms with Gasteiger partial charge in [0.2, 0.25) is 5.88 Å². The highest BCUT2D eigenvalue weighted by Crippen LogP contribution is 2.26. The highest BCUT2D eigenvalue weighted by molar-refractivity contribution is 5.77. The van der Waals surface area contributed by atoms with Crippen LogP contribution in [0.1, 0.15) is 23.2 Å². The Morgan fingerprint density at radius 1 is 1.58 bits per heavy atom. The number of ether oxygens (including phenoxy) is 1. The van der Waals surface area contributed by atoms with Crippen molar-refractivity contribution in [2.45, 2.75) is 18.9 Å². The lowest BCUT2D eigenvalue weighted by atomic mass is 10.3. The van der Waals surface area contributed by atoms with E-state index in [-0.39, 0.29) is 0 Å². The van der Waals surface area contributed by atoms with Crippen molar-refractivity contribution in [2.24, 2.45) is 0 Å². The van der Waals surface area contributed by atoms with Crippen molar-refractivity contribution in [2.75, 3.05) is 0 Å². The van der Waals surface area contributed by atoms with E-state index in [0.717, 1.165) is 19.1 Å². The van der Waals surface area contributed by atoms with E-state index in [0.29, 0.717) is 17.5 Å². The van der Waals surface area contributed by atoms with Gasteiger partial charge in [-0.3, -0.25) is 4.79 Å². The van der Waals surface area contributed by atoms with Gasteiger partial charge in [-0.15, -0.1) is 0 Å². The molecule has 0 unspecified atom stereocenters. The summed E-state index contributed by atoms with van der Waals surface area (Å²) in [5.74, 6) is 0.468. The second kappa shape index (κ2) is 2.93. The van der Waals surface area contributed by atoms with Crippen LogP contribution >= 0.6 is 0 Å². The topological polar surface area (TPSA) is 39.2 Å². The molecule has 1 aromatic rings. The summed E-state index contributed by atoms with van der Waals surface area (Å²) in [6.45, 7) is 0. The van der Waals surface area contributed by atoms with Crippen LogP contribution in [0.25, 0.3) is 0 Å². The lowest BCUT2D eigenvalue weighted by Gasteiger charge is -2.03. The average molecular weight is 163 g/mol. The summed E-state index contributed by atoms with van der Waals surface area (Å²) < 4.78 is 5.40. The van der Waals surface area contributed by atoms with Crippen molar-refractivity contribution in [3.63, 3.8) is 0 Å². The predicted octanol–water partition coefficient (Wildman–Crippen LogP) is 1.44. The molecule has 62 valence electrons. The van der Waals surface area contributed by atoms with Gasteiger partial charge in [0, 0.05) is 6.20 Å². The Bertz CT molecular complexity index is 294. The first-order valence-corrected chi connectivity index (χ1v) is 3.97. The Balaban J connectivity index is 2.20. The third kappa shape index (κ3) is 1.44. The average Bonchev–Trinajstić information content (AvgIpc) is 2.89. The number of hydrogen-bond donors (Lipinski definition) is 0. The maximum atomic E-state index is 10.5. The zero-order chi connectivity index (χ0) is 8.39. The van der Waals surface area contributed by atoms with Gasteiger partial charge in [0.15, 0.2) is 6.29 Å². The molecule has 3 heteroatoms. The second-order valence-corrected chi connectivity index (χ2v) is 2.83. The van der Waals surface area contributed by atoms with Crippen LogP contribution in [0, 0.1) is 0 Å². The van der Waals surface area contributed by atoms with Gasteiger partial charge in [0.25, 0.3) is 0 Å². The van der Waals surface area contributed by atoms with Crippen molar-refractivity contribution in [3.8, 4) is 5.88 Å². The summed E-state index contributed by atoms with van der Waals surface area (Å²) in [5, 5.41) is 0. The van der Waals surface area contributed by atoms with E-state index in [1.54, 1.807) is 18.3 Å². The van der Waals surface area contributed by atoms with Crippen molar-refractivity contribution < 1.29 is 9.53 Å². The molecule has 0 atom stereocenters. The Morgan fingerprint density at radius 2 is 2.42 bits per heavy atom. The molecule has 1 fully saturated rings. The Labute approximate surface area is 70.4 Å². The standard InChI is InChI=1S/C9H9NO2/c11-6-7-2-1-5-10-9(7)12-8-3-4-8/h1-2,5-6,8H,3-4H2. The fraction of sp³-hybridized carbons (Fsp3) is 0.333. The minimum absolute atomic E-state index is 0.290. The van der Waals surface area contributed by atoms with E-state index in [9.17, 15) is 4.79 Å². The zero-order valence-corrected chi connectivity index (χ0v) is 6.56. The molecular weight excluding hydrogens is 154 g/mol. The van der Waals surface area contributed by atoms with Gasteiger partial charge in [-0.05, 0) is 25.0 Å². The van der Waals surface area contributed by atoms with Crippen molar-refractivity contribution >= 4 is 6.29 Å². The molecule has 0 amide bonds. The Kier molecular flexibility index (Phi) is 1.78. The number of carbonyl (C=O) groups excluding carboxylic acids is 1. The van der Waals surface area contributed by atoms with Gasteiger partial charge in [-0.1, -0.05) is 0 Å². The lowest BCUT2D eigenvalue weighted by molar-refractivity contribution is 0.111. The quantitative estimate of drug-likeness (QED) is 0.633. The van der Waals surface area contributed by atoms with Crippen LogP contribution in [0.2, 0.25) is 0 Å². The minimum Gasteiger partial charge on any atom is -0.474 e. The highest BCUT2D eigenvalue weighted by Gasteiger charge is 2.24. The van der Waals surface area contributed by atoms with E-state index >= 15 is 0 Å². The molecule has 2 rings (SSSR count). The molecule has 0 radical (unpaired) electrons. The van der Waals surface area contributed by atoms with Crippen LogP contribution in [0.5, 0.6) is 5.88 Å². The molecule has 1 aliphatic rings. The molecule has 12 heavy (non-hydrogen) atoms. The fourth-order valence-corrected chi connectivity index (χ4v) is 0.935. The van der Waals surface area contributed by atoms with Gasteiger partial charge >= 0.3 is 0 Å².